The fourth-order valence-electron chi connectivity index (χ4n) is 3.48. The number of nitrogens with zero attached hydrogens (tertiary/aromatic N) is 1. The molecule has 1 aliphatic carbocycles. The lowest BCUT2D eigenvalue weighted by molar-refractivity contribution is -0.151. The number of rotatable bonds is 4. The Balaban J connectivity index is 1.73. The third-order valence-electron chi connectivity index (χ3n) is 4.77. The second-order valence-electron chi connectivity index (χ2n) is 7.34. The minimum absolute atomic E-state index is 0.175. The summed E-state index contributed by atoms with van der Waals surface area (Å²) in [7, 11) is 1.63. The number of carbonyl (C=O) groups is 1. The van der Waals surface area contributed by atoms with Crippen LogP contribution in [0.4, 0.5) is 0 Å². The SMILES string of the molecule is Cn1cc(C2=C[C@H]3OC(C)(C)O[C@H]3C2=O)c(OCc2ccccc2)c(Br)c1=O. The first-order valence-corrected chi connectivity index (χ1v) is 9.74. The zero-order valence-corrected chi connectivity index (χ0v) is 17.4. The van der Waals surface area contributed by atoms with Crippen LogP contribution in [-0.2, 0) is 27.9 Å². The zero-order valence-electron chi connectivity index (χ0n) is 15.8. The maximum atomic E-state index is 13.0. The van der Waals surface area contributed by atoms with Crippen LogP contribution in [-0.4, -0.2) is 28.3 Å². The second kappa shape index (κ2) is 6.99. The molecule has 1 fully saturated rings. The summed E-state index contributed by atoms with van der Waals surface area (Å²) in [6.45, 7) is 3.83. The van der Waals surface area contributed by atoms with E-state index >= 15 is 0 Å². The van der Waals surface area contributed by atoms with E-state index in [1.165, 1.54) is 4.57 Å². The number of benzene rings is 1. The molecule has 1 aliphatic heterocycles. The van der Waals surface area contributed by atoms with Crippen molar-refractivity contribution in [3.8, 4) is 5.75 Å². The lowest BCUT2D eigenvalue weighted by atomic mass is 10.0. The van der Waals surface area contributed by atoms with Gasteiger partial charge in [0.15, 0.2) is 17.7 Å². The van der Waals surface area contributed by atoms with E-state index in [0.29, 0.717) is 16.9 Å². The van der Waals surface area contributed by atoms with Gasteiger partial charge in [-0.25, -0.2) is 0 Å². The third kappa shape index (κ3) is 3.34. The van der Waals surface area contributed by atoms with Crippen LogP contribution in [0.25, 0.3) is 5.57 Å². The number of carbonyl (C=O) groups excluding carboxylic acids is 1. The summed E-state index contributed by atoms with van der Waals surface area (Å²) >= 11 is 3.34. The number of hydrogen-bond donors (Lipinski definition) is 0. The fraction of sp³-hybridized carbons (Fsp3) is 0.333. The molecule has 146 valence electrons. The number of pyridine rings is 1. The summed E-state index contributed by atoms with van der Waals surface area (Å²) in [5.74, 6) is -0.638. The molecule has 1 aromatic heterocycles. The van der Waals surface area contributed by atoms with Gasteiger partial charge in [0.1, 0.15) is 22.9 Å². The minimum atomic E-state index is -0.802. The minimum Gasteiger partial charge on any atom is -0.487 e. The Bertz CT molecular complexity index is 1030. The molecule has 0 N–H and O–H groups in total. The average molecular weight is 446 g/mol. The van der Waals surface area contributed by atoms with Gasteiger partial charge in [0.2, 0.25) is 0 Å². The van der Waals surface area contributed by atoms with E-state index in [0.717, 1.165) is 5.56 Å². The number of Topliss-reactive ketones (excluding diaryl/α,β-unsaturated/α-hetero) is 1. The summed E-state index contributed by atoms with van der Waals surface area (Å²) < 4.78 is 19.2. The molecule has 7 heteroatoms. The molecule has 6 nitrogen and oxygen atoms in total. The molecule has 0 saturated carbocycles. The predicted molar refractivity (Wildman–Crippen MR) is 107 cm³/mol. The first-order valence-electron chi connectivity index (χ1n) is 8.95. The Morgan fingerprint density at radius 1 is 1.18 bits per heavy atom. The van der Waals surface area contributed by atoms with E-state index in [1.807, 2.05) is 30.3 Å². The molecule has 4 rings (SSSR count). The van der Waals surface area contributed by atoms with Gasteiger partial charge in [0.05, 0.1) is 0 Å². The molecule has 0 amide bonds. The fourth-order valence-corrected chi connectivity index (χ4v) is 4.09. The Hall–Kier alpha value is -2.22. The standard InChI is InChI=1S/C21H20BrNO5/c1-21(2)27-15-9-13(17(24)19(15)28-21)14-10-23(3)20(25)16(22)18(14)26-11-12-7-5-4-6-8-12/h4-10,15,19H,11H2,1-3H3/t15-,19-/m1/s1. The maximum absolute atomic E-state index is 13.0. The van der Waals surface area contributed by atoms with E-state index < -0.39 is 18.0 Å². The van der Waals surface area contributed by atoms with Crippen LogP contribution in [0.5, 0.6) is 5.75 Å². The molecule has 2 atom stereocenters. The number of aryl methyl sites for hydroxylation is 1. The molecule has 0 spiro atoms. The summed E-state index contributed by atoms with van der Waals surface area (Å²) in [4.78, 5) is 25.4. The highest BCUT2D eigenvalue weighted by Gasteiger charge is 2.49. The van der Waals surface area contributed by atoms with Crippen LogP contribution < -0.4 is 10.3 Å². The van der Waals surface area contributed by atoms with Crippen molar-refractivity contribution >= 4 is 27.3 Å². The highest BCUT2D eigenvalue weighted by molar-refractivity contribution is 9.10. The van der Waals surface area contributed by atoms with Gasteiger partial charge < -0.3 is 18.8 Å². The van der Waals surface area contributed by atoms with Gasteiger partial charge >= 0.3 is 0 Å². The number of hydrogen-bond acceptors (Lipinski definition) is 5. The van der Waals surface area contributed by atoms with Crippen molar-refractivity contribution in [3.63, 3.8) is 0 Å². The molecule has 0 bridgehead atoms. The number of aromatic nitrogens is 1. The van der Waals surface area contributed by atoms with E-state index in [1.54, 1.807) is 33.2 Å². The van der Waals surface area contributed by atoms with Gasteiger partial charge in [-0.1, -0.05) is 30.3 Å². The molecule has 1 saturated heterocycles. The van der Waals surface area contributed by atoms with Gasteiger partial charge in [-0.15, -0.1) is 0 Å². The summed E-state index contributed by atoms with van der Waals surface area (Å²) in [6, 6.07) is 9.62. The first-order chi connectivity index (χ1) is 13.3. The lowest BCUT2D eigenvalue weighted by Crippen LogP contribution is -2.27. The van der Waals surface area contributed by atoms with Crippen LogP contribution in [0.2, 0.25) is 0 Å². The topological polar surface area (TPSA) is 66.8 Å². The van der Waals surface area contributed by atoms with Crippen LogP contribution in [0.3, 0.4) is 0 Å². The molecule has 2 heterocycles. The molecular formula is C21H20BrNO5. The number of fused-ring (bicyclic) bond motifs is 1. The van der Waals surface area contributed by atoms with Crippen LogP contribution in [0, 0.1) is 0 Å². The van der Waals surface area contributed by atoms with Crippen molar-refractivity contribution in [1.82, 2.24) is 4.57 Å². The second-order valence-corrected chi connectivity index (χ2v) is 8.13. The quantitative estimate of drug-likeness (QED) is 0.722. The van der Waals surface area contributed by atoms with E-state index in [2.05, 4.69) is 15.9 Å². The van der Waals surface area contributed by atoms with E-state index in [4.69, 9.17) is 14.2 Å². The van der Waals surface area contributed by atoms with Crippen LogP contribution in [0.15, 0.2) is 51.9 Å². The summed E-state index contributed by atoms with van der Waals surface area (Å²) in [6.07, 6.45) is 2.24. The normalized spacial score (nSPS) is 22.9. The van der Waals surface area contributed by atoms with Gasteiger partial charge in [-0.05, 0) is 41.4 Å². The Kier molecular flexibility index (Phi) is 4.77. The average Bonchev–Trinajstić information content (AvgIpc) is 3.12. The van der Waals surface area contributed by atoms with Gasteiger partial charge in [0, 0.05) is 24.4 Å². The molecule has 0 unspecified atom stereocenters. The molecule has 28 heavy (non-hydrogen) atoms. The highest BCUT2D eigenvalue weighted by atomic mass is 79.9. The van der Waals surface area contributed by atoms with E-state index in [9.17, 15) is 9.59 Å². The monoisotopic (exact) mass is 445 g/mol. The summed E-state index contributed by atoms with van der Waals surface area (Å²) in [5, 5.41) is 0. The number of halogens is 1. The highest BCUT2D eigenvalue weighted by Crippen LogP contribution is 2.41. The van der Waals surface area contributed by atoms with Crippen molar-refractivity contribution in [3.05, 3.63) is 68.6 Å². The van der Waals surface area contributed by atoms with Crippen molar-refractivity contribution in [2.24, 2.45) is 7.05 Å². The largest absolute Gasteiger partial charge is 0.487 e. The van der Waals surface area contributed by atoms with Gasteiger partial charge in [0.25, 0.3) is 5.56 Å². The third-order valence-corrected chi connectivity index (χ3v) is 5.47. The Morgan fingerprint density at radius 3 is 2.57 bits per heavy atom. The van der Waals surface area contributed by atoms with Gasteiger partial charge in [-0.2, -0.15) is 0 Å². The number of ether oxygens (including phenoxy) is 3. The Labute approximate surface area is 170 Å². The molecule has 0 radical (unpaired) electrons. The first kappa shape index (κ1) is 19.1. The van der Waals surface area contributed by atoms with Crippen molar-refractivity contribution in [2.75, 3.05) is 0 Å². The molecule has 2 aliphatic rings. The van der Waals surface area contributed by atoms with Crippen molar-refractivity contribution in [1.29, 1.82) is 0 Å². The van der Waals surface area contributed by atoms with E-state index in [-0.39, 0.29) is 22.4 Å². The van der Waals surface area contributed by atoms with Gasteiger partial charge in [-0.3, -0.25) is 9.59 Å². The maximum Gasteiger partial charge on any atom is 0.268 e. The molecule has 2 aromatic rings. The molecular weight excluding hydrogens is 426 g/mol. The number of ketones is 1. The van der Waals surface area contributed by atoms with Crippen molar-refractivity contribution in [2.45, 2.75) is 38.4 Å². The zero-order chi connectivity index (χ0) is 20.1. The van der Waals surface area contributed by atoms with Crippen molar-refractivity contribution < 1.29 is 19.0 Å². The lowest BCUT2D eigenvalue weighted by Gasteiger charge is -2.19. The summed E-state index contributed by atoms with van der Waals surface area (Å²) in [5.41, 5.74) is 1.68. The van der Waals surface area contributed by atoms with Crippen LogP contribution >= 0.6 is 15.9 Å². The smallest absolute Gasteiger partial charge is 0.268 e. The van der Waals surface area contributed by atoms with Crippen LogP contribution in [0.1, 0.15) is 25.0 Å². The molecule has 1 aromatic carbocycles. The Morgan fingerprint density at radius 2 is 1.89 bits per heavy atom. The predicted octanol–water partition coefficient (Wildman–Crippen LogP) is 3.21.